The Balaban J connectivity index is 1.78. The van der Waals surface area contributed by atoms with Crippen molar-refractivity contribution < 1.29 is 4.79 Å². The third-order valence-electron chi connectivity index (χ3n) is 4.45. The fourth-order valence-electron chi connectivity index (χ4n) is 3.06. The zero-order valence-corrected chi connectivity index (χ0v) is 17.4. The van der Waals surface area contributed by atoms with Gasteiger partial charge in [-0.3, -0.25) is 4.79 Å². The van der Waals surface area contributed by atoms with Crippen LogP contribution in [0.2, 0.25) is 0 Å². The van der Waals surface area contributed by atoms with E-state index in [9.17, 15) is 10.1 Å². The average molecular weight is 490 g/mol. The summed E-state index contributed by atoms with van der Waals surface area (Å²) in [5, 5.41) is 9.48. The Hall–Kier alpha value is -3.31. The molecule has 0 unspecified atom stereocenters. The minimum Gasteiger partial charge on any atom is -0.327 e. The highest BCUT2D eigenvalue weighted by atomic mass is 127. The summed E-state index contributed by atoms with van der Waals surface area (Å²) in [6.45, 7) is 0.629. The molecule has 2 heterocycles. The van der Waals surface area contributed by atoms with Crippen molar-refractivity contribution in [1.29, 1.82) is 5.26 Å². The monoisotopic (exact) mass is 490 g/mol. The SMILES string of the molecule is N#C/C(=C/c1ccccc1)C(=O)N=C1N=C2C=CC(I)=CN2Cc2ccccc21. The third kappa shape index (κ3) is 4.25. The predicted molar refractivity (Wildman–Crippen MR) is 122 cm³/mol. The molecule has 0 radical (unpaired) electrons. The maximum Gasteiger partial charge on any atom is 0.289 e. The molecule has 0 N–H and O–H groups in total. The van der Waals surface area contributed by atoms with Crippen LogP contribution in [0.1, 0.15) is 16.7 Å². The standard InChI is InChI=1S/C23H15IN4O/c24-19-10-11-21-26-22(20-9-5-4-8-17(20)14-28(21)15-19)27-23(29)18(13-25)12-16-6-2-1-3-7-16/h1-12,15H,14H2/b18-12-,27-22?. The minimum atomic E-state index is -0.608. The summed E-state index contributed by atoms with van der Waals surface area (Å²) in [5.41, 5.74) is 2.54. The third-order valence-corrected chi connectivity index (χ3v) is 5.09. The lowest BCUT2D eigenvalue weighted by atomic mass is 10.1. The Bertz CT molecular complexity index is 1170. The first-order chi connectivity index (χ1) is 14.1. The number of benzene rings is 2. The lowest BCUT2D eigenvalue weighted by Crippen LogP contribution is -2.24. The Morgan fingerprint density at radius 3 is 2.69 bits per heavy atom. The van der Waals surface area contributed by atoms with Gasteiger partial charge in [0.2, 0.25) is 0 Å². The molecule has 0 bridgehead atoms. The van der Waals surface area contributed by atoms with Crippen LogP contribution in [0, 0.1) is 11.3 Å². The lowest BCUT2D eigenvalue weighted by molar-refractivity contribution is -0.113. The first-order valence-corrected chi connectivity index (χ1v) is 10.0. The molecule has 0 aromatic heterocycles. The van der Waals surface area contributed by atoms with E-state index in [1.165, 1.54) is 0 Å². The molecule has 0 saturated heterocycles. The minimum absolute atomic E-state index is 0.0314. The summed E-state index contributed by atoms with van der Waals surface area (Å²) in [4.78, 5) is 23.7. The van der Waals surface area contributed by atoms with Gasteiger partial charge in [-0.1, -0.05) is 54.6 Å². The predicted octanol–water partition coefficient (Wildman–Crippen LogP) is 4.63. The second kappa shape index (κ2) is 8.37. The Labute approximate surface area is 182 Å². The molecular weight excluding hydrogens is 475 g/mol. The van der Waals surface area contributed by atoms with E-state index in [2.05, 4.69) is 32.6 Å². The largest absolute Gasteiger partial charge is 0.327 e. The van der Waals surface area contributed by atoms with Crippen molar-refractivity contribution in [2.24, 2.45) is 9.98 Å². The zero-order valence-electron chi connectivity index (χ0n) is 15.3. The molecule has 0 aliphatic carbocycles. The van der Waals surface area contributed by atoms with Crippen LogP contribution >= 0.6 is 22.6 Å². The number of carbonyl (C=O) groups is 1. The summed E-state index contributed by atoms with van der Waals surface area (Å²) >= 11 is 2.26. The molecular formula is C23H15IN4O. The summed E-state index contributed by atoms with van der Waals surface area (Å²) in [5.74, 6) is 0.412. The topological polar surface area (TPSA) is 68.8 Å². The Kier molecular flexibility index (Phi) is 5.49. The quantitative estimate of drug-likeness (QED) is 0.351. The Morgan fingerprint density at radius 2 is 1.90 bits per heavy atom. The van der Waals surface area contributed by atoms with Gasteiger partial charge in [-0.05, 0) is 51.9 Å². The summed E-state index contributed by atoms with van der Waals surface area (Å²) in [7, 11) is 0. The van der Waals surface area contributed by atoms with Gasteiger partial charge in [0, 0.05) is 21.9 Å². The number of aliphatic imine (C=N–C) groups is 2. The fraction of sp³-hybridized carbons (Fsp3) is 0.0435. The van der Waals surface area contributed by atoms with Gasteiger partial charge in [0.05, 0.1) is 0 Å². The van der Waals surface area contributed by atoms with Crippen molar-refractivity contribution in [3.63, 3.8) is 0 Å². The van der Waals surface area contributed by atoms with Crippen molar-refractivity contribution >= 4 is 46.2 Å². The van der Waals surface area contributed by atoms with Crippen molar-refractivity contribution in [2.45, 2.75) is 6.54 Å². The van der Waals surface area contributed by atoms with Crippen molar-refractivity contribution in [1.82, 2.24) is 4.90 Å². The molecule has 0 fully saturated rings. The molecule has 5 nitrogen and oxygen atoms in total. The molecule has 29 heavy (non-hydrogen) atoms. The number of carbonyl (C=O) groups excluding carboxylic acids is 1. The van der Waals surface area contributed by atoms with Crippen LogP contribution in [-0.4, -0.2) is 22.5 Å². The van der Waals surface area contributed by atoms with Crippen LogP contribution in [-0.2, 0) is 11.3 Å². The highest BCUT2D eigenvalue weighted by molar-refractivity contribution is 14.1. The number of amides is 1. The van der Waals surface area contributed by atoms with Crippen molar-refractivity contribution in [3.8, 4) is 6.07 Å². The van der Waals surface area contributed by atoms with Gasteiger partial charge in [0.1, 0.15) is 17.5 Å². The highest BCUT2D eigenvalue weighted by Gasteiger charge is 2.22. The number of nitrogens with zero attached hydrogens (tertiary/aromatic N) is 4. The number of amidine groups is 2. The molecule has 6 heteroatoms. The number of rotatable bonds is 2. The first kappa shape index (κ1) is 19.0. The van der Waals surface area contributed by atoms with E-state index in [1.807, 2.05) is 83.9 Å². The summed E-state index contributed by atoms with van der Waals surface area (Å²) in [6, 6.07) is 18.9. The molecule has 140 valence electrons. The number of hydrogen-bond donors (Lipinski definition) is 0. The van der Waals surface area contributed by atoms with E-state index in [1.54, 1.807) is 6.08 Å². The van der Waals surface area contributed by atoms with Crippen LogP contribution in [0.25, 0.3) is 6.08 Å². The van der Waals surface area contributed by atoms with Gasteiger partial charge >= 0.3 is 0 Å². The smallest absolute Gasteiger partial charge is 0.289 e. The van der Waals surface area contributed by atoms with Gasteiger partial charge in [-0.25, -0.2) is 4.99 Å². The maximum absolute atomic E-state index is 12.8. The van der Waals surface area contributed by atoms with Crippen LogP contribution < -0.4 is 0 Å². The van der Waals surface area contributed by atoms with Crippen molar-refractivity contribution in [2.75, 3.05) is 0 Å². The maximum atomic E-state index is 12.8. The summed E-state index contributed by atoms with van der Waals surface area (Å²) in [6.07, 6.45) is 7.41. The number of nitriles is 1. The highest BCUT2D eigenvalue weighted by Crippen LogP contribution is 2.24. The number of hydrogen-bond acceptors (Lipinski definition) is 3. The molecule has 2 aliphatic heterocycles. The summed E-state index contributed by atoms with van der Waals surface area (Å²) < 4.78 is 1.09. The number of fused-ring (bicyclic) bond motifs is 2. The van der Waals surface area contributed by atoms with Gasteiger partial charge in [-0.15, -0.1) is 0 Å². The molecule has 2 aliphatic rings. The van der Waals surface area contributed by atoms with Crippen LogP contribution in [0.15, 0.2) is 92.1 Å². The number of halogens is 1. The zero-order chi connectivity index (χ0) is 20.2. The Morgan fingerprint density at radius 1 is 1.14 bits per heavy atom. The molecule has 1 amide bonds. The second-order valence-corrected chi connectivity index (χ2v) is 7.67. The fourth-order valence-corrected chi connectivity index (χ4v) is 3.58. The normalized spacial score (nSPS) is 16.9. The molecule has 0 spiro atoms. The first-order valence-electron chi connectivity index (χ1n) is 8.93. The second-order valence-electron chi connectivity index (χ2n) is 6.42. The molecule has 2 aromatic rings. The van der Waals surface area contributed by atoms with E-state index in [-0.39, 0.29) is 5.57 Å². The van der Waals surface area contributed by atoms with Crippen LogP contribution in [0.3, 0.4) is 0 Å². The van der Waals surface area contributed by atoms with E-state index in [0.29, 0.717) is 18.2 Å². The van der Waals surface area contributed by atoms with Crippen molar-refractivity contribution in [3.05, 3.63) is 98.8 Å². The van der Waals surface area contributed by atoms with E-state index in [0.717, 1.165) is 20.3 Å². The van der Waals surface area contributed by atoms with Gasteiger partial charge in [0.15, 0.2) is 5.84 Å². The van der Waals surface area contributed by atoms with E-state index < -0.39 is 5.91 Å². The van der Waals surface area contributed by atoms with Crippen LogP contribution in [0.4, 0.5) is 0 Å². The lowest BCUT2D eigenvalue weighted by Gasteiger charge is -2.21. The van der Waals surface area contributed by atoms with Crippen LogP contribution in [0.5, 0.6) is 0 Å². The molecule has 0 saturated carbocycles. The van der Waals surface area contributed by atoms with E-state index in [4.69, 9.17) is 0 Å². The number of allylic oxidation sites excluding steroid dienone is 2. The molecule has 2 aromatic carbocycles. The van der Waals surface area contributed by atoms with Gasteiger partial charge in [0.25, 0.3) is 5.91 Å². The molecule has 4 rings (SSSR count). The van der Waals surface area contributed by atoms with E-state index >= 15 is 0 Å². The average Bonchev–Trinajstić information content (AvgIpc) is 2.89. The molecule has 0 atom stereocenters. The van der Waals surface area contributed by atoms with Gasteiger partial charge in [-0.2, -0.15) is 10.3 Å². The van der Waals surface area contributed by atoms with Gasteiger partial charge < -0.3 is 4.90 Å².